The number of carbonyl (C=O) groups is 1. The Hall–Kier alpha value is -2.78. The predicted octanol–water partition coefficient (Wildman–Crippen LogP) is 3.49. The molecule has 8 nitrogen and oxygen atoms in total. The van der Waals surface area contributed by atoms with Crippen LogP contribution in [0.1, 0.15) is 54.2 Å². The van der Waals surface area contributed by atoms with Gasteiger partial charge < -0.3 is 19.7 Å². The second kappa shape index (κ2) is 9.02. The van der Waals surface area contributed by atoms with Crippen LogP contribution in [0.15, 0.2) is 36.4 Å². The van der Waals surface area contributed by atoms with Crippen LogP contribution in [0.25, 0.3) is 0 Å². The van der Waals surface area contributed by atoms with Crippen molar-refractivity contribution in [3.05, 3.63) is 53.1 Å². The summed E-state index contributed by atoms with van der Waals surface area (Å²) in [6.45, 7) is 7.52. The molecule has 1 aliphatic carbocycles. The fourth-order valence-electron chi connectivity index (χ4n) is 5.04. The minimum atomic E-state index is -3.58. The summed E-state index contributed by atoms with van der Waals surface area (Å²) in [7, 11) is -1.89. The number of morpholine rings is 1. The quantitative estimate of drug-likeness (QED) is 0.628. The van der Waals surface area contributed by atoms with E-state index in [0.29, 0.717) is 31.6 Å². The first-order valence-corrected chi connectivity index (χ1v) is 13.7. The first-order valence-electron chi connectivity index (χ1n) is 12.1. The van der Waals surface area contributed by atoms with E-state index in [4.69, 9.17) is 9.47 Å². The molecule has 2 aromatic carbocycles. The van der Waals surface area contributed by atoms with Crippen LogP contribution >= 0.6 is 0 Å². The van der Waals surface area contributed by atoms with E-state index in [1.165, 1.54) is 0 Å². The number of carbonyl (C=O) groups excluding carboxylic acids is 1. The molecule has 0 bridgehead atoms. The van der Waals surface area contributed by atoms with E-state index < -0.39 is 21.2 Å². The van der Waals surface area contributed by atoms with E-state index in [-0.39, 0.29) is 11.5 Å². The summed E-state index contributed by atoms with van der Waals surface area (Å²) < 4.78 is 37.8. The van der Waals surface area contributed by atoms with Crippen LogP contribution in [-0.4, -0.2) is 53.0 Å². The van der Waals surface area contributed by atoms with Gasteiger partial charge in [0.1, 0.15) is 5.75 Å². The van der Waals surface area contributed by atoms with E-state index in [2.05, 4.69) is 47.0 Å². The lowest BCUT2D eigenvalue weighted by molar-refractivity contribution is 0.0981. The van der Waals surface area contributed by atoms with Crippen LogP contribution in [0.3, 0.4) is 0 Å². The van der Waals surface area contributed by atoms with Gasteiger partial charge in [-0.15, -0.1) is 0 Å². The van der Waals surface area contributed by atoms with Crippen LogP contribution in [0.5, 0.6) is 5.75 Å². The van der Waals surface area contributed by atoms with Gasteiger partial charge in [-0.05, 0) is 66.1 Å². The molecule has 1 saturated carbocycles. The molecule has 0 spiro atoms. The molecule has 2 N–H and O–H groups in total. The SMILES string of the molecule is COc1cc(C2Nc3ccc(C(=O)NS(=O)(=O)C4CC4)cc3CC2(C)C)cc(N2CCOCC2)c1. The highest BCUT2D eigenvalue weighted by molar-refractivity contribution is 7.91. The molecule has 1 amide bonds. The number of rotatable bonds is 6. The van der Waals surface area contributed by atoms with Gasteiger partial charge in [0.2, 0.25) is 10.0 Å². The topological polar surface area (TPSA) is 97.0 Å². The Bertz CT molecular complexity index is 1230. The molecule has 3 aliphatic rings. The maximum atomic E-state index is 12.6. The zero-order valence-corrected chi connectivity index (χ0v) is 21.3. The highest BCUT2D eigenvalue weighted by atomic mass is 32.2. The van der Waals surface area contributed by atoms with Crippen molar-refractivity contribution in [2.24, 2.45) is 5.41 Å². The summed E-state index contributed by atoms with van der Waals surface area (Å²) >= 11 is 0. The number of anilines is 2. The number of ether oxygens (including phenoxy) is 2. The Labute approximate surface area is 207 Å². The highest BCUT2D eigenvalue weighted by Crippen LogP contribution is 2.46. The number of amides is 1. The second-order valence-electron chi connectivity index (χ2n) is 10.4. The van der Waals surface area contributed by atoms with Crippen molar-refractivity contribution >= 4 is 27.3 Å². The molecule has 2 aromatic rings. The Morgan fingerprint density at radius 1 is 1.14 bits per heavy atom. The number of sulfonamides is 1. The fraction of sp³-hybridized carbons (Fsp3) is 0.500. The van der Waals surface area contributed by atoms with Gasteiger partial charge in [-0.1, -0.05) is 13.8 Å². The number of hydrogen-bond donors (Lipinski definition) is 2. The first kappa shape index (κ1) is 23.9. The van der Waals surface area contributed by atoms with Gasteiger partial charge in [0.25, 0.3) is 5.91 Å². The molecule has 2 fully saturated rings. The van der Waals surface area contributed by atoms with Crippen molar-refractivity contribution < 1.29 is 22.7 Å². The number of benzene rings is 2. The van der Waals surface area contributed by atoms with Crippen molar-refractivity contribution in [3.63, 3.8) is 0 Å². The third-order valence-corrected chi connectivity index (χ3v) is 8.97. The monoisotopic (exact) mass is 499 g/mol. The molecule has 9 heteroatoms. The van der Waals surface area contributed by atoms with Crippen LogP contribution in [-0.2, 0) is 21.2 Å². The average molecular weight is 500 g/mol. The van der Waals surface area contributed by atoms with E-state index in [9.17, 15) is 13.2 Å². The Morgan fingerprint density at radius 2 is 1.89 bits per heavy atom. The highest BCUT2D eigenvalue weighted by Gasteiger charge is 2.38. The van der Waals surface area contributed by atoms with Crippen LogP contribution in [0, 0.1) is 5.41 Å². The third kappa shape index (κ3) is 4.97. The summed E-state index contributed by atoms with van der Waals surface area (Å²) in [5.74, 6) is 0.249. The second-order valence-corrected chi connectivity index (χ2v) is 12.3. The van der Waals surface area contributed by atoms with Crippen LogP contribution in [0.4, 0.5) is 11.4 Å². The number of hydrogen-bond acceptors (Lipinski definition) is 7. The molecule has 2 heterocycles. The summed E-state index contributed by atoms with van der Waals surface area (Å²) in [6, 6.07) is 11.8. The minimum Gasteiger partial charge on any atom is -0.497 e. The molecule has 1 unspecified atom stereocenters. The molecule has 0 radical (unpaired) electrons. The zero-order chi connectivity index (χ0) is 24.8. The van der Waals surface area contributed by atoms with Crippen molar-refractivity contribution in [1.82, 2.24) is 4.72 Å². The number of nitrogens with one attached hydrogen (secondary N) is 2. The zero-order valence-electron chi connectivity index (χ0n) is 20.5. The normalized spacial score (nSPS) is 21.6. The van der Waals surface area contributed by atoms with E-state index in [1.807, 2.05) is 12.1 Å². The first-order chi connectivity index (χ1) is 16.7. The van der Waals surface area contributed by atoms with Crippen LogP contribution < -0.4 is 19.7 Å². The van der Waals surface area contributed by atoms with Gasteiger partial charge in [-0.25, -0.2) is 13.1 Å². The maximum absolute atomic E-state index is 12.6. The molecule has 35 heavy (non-hydrogen) atoms. The number of fused-ring (bicyclic) bond motifs is 1. The summed E-state index contributed by atoms with van der Waals surface area (Å²) in [5, 5.41) is 3.24. The molecular formula is C26H33N3O5S. The van der Waals surface area contributed by atoms with Crippen molar-refractivity contribution in [2.45, 2.75) is 44.4 Å². The van der Waals surface area contributed by atoms with Crippen LogP contribution in [0.2, 0.25) is 0 Å². The van der Waals surface area contributed by atoms with Crippen molar-refractivity contribution in [2.75, 3.05) is 43.6 Å². The molecule has 0 aromatic heterocycles. The Balaban J connectivity index is 1.41. The van der Waals surface area contributed by atoms with E-state index in [1.54, 1.807) is 13.2 Å². The van der Waals surface area contributed by atoms with Gasteiger partial charge in [0.05, 0.1) is 31.6 Å². The Kier molecular flexibility index (Phi) is 6.17. The third-order valence-electron chi connectivity index (χ3n) is 7.15. The maximum Gasteiger partial charge on any atom is 0.264 e. The number of methoxy groups -OCH3 is 1. The Morgan fingerprint density at radius 3 is 2.57 bits per heavy atom. The van der Waals surface area contributed by atoms with Gasteiger partial charge in [-0.3, -0.25) is 4.79 Å². The summed E-state index contributed by atoms with van der Waals surface area (Å²) in [6.07, 6.45) is 1.97. The molecule has 1 atom stereocenters. The van der Waals surface area contributed by atoms with Crippen molar-refractivity contribution in [3.8, 4) is 5.75 Å². The summed E-state index contributed by atoms with van der Waals surface area (Å²) in [5.41, 5.74) is 4.40. The van der Waals surface area contributed by atoms with E-state index in [0.717, 1.165) is 47.8 Å². The predicted molar refractivity (Wildman–Crippen MR) is 136 cm³/mol. The molecule has 2 aliphatic heterocycles. The van der Waals surface area contributed by atoms with Gasteiger partial charge >= 0.3 is 0 Å². The lowest BCUT2D eigenvalue weighted by Crippen LogP contribution is -2.37. The standard InChI is InChI=1S/C26H33N3O5S/c1-26(2)16-19-12-17(25(30)28-35(31,32)22-5-6-22)4-7-23(19)27-24(26)18-13-20(15-21(14-18)33-3)29-8-10-34-11-9-29/h4,7,12-15,22,24,27H,5-6,8-11,16H2,1-3H3,(H,28,30). The molecular weight excluding hydrogens is 466 g/mol. The lowest BCUT2D eigenvalue weighted by atomic mass is 9.72. The summed E-state index contributed by atoms with van der Waals surface area (Å²) in [4.78, 5) is 15.0. The molecule has 1 saturated heterocycles. The van der Waals surface area contributed by atoms with Crippen molar-refractivity contribution in [1.29, 1.82) is 0 Å². The smallest absolute Gasteiger partial charge is 0.264 e. The average Bonchev–Trinajstić information content (AvgIpc) is 3.69. The van der Waals surface area contributed by atoms with Gasteiger partial charge in [-0.2, -0.15) is 0 Å². The minimum absolute atomic E-state index is 0.0276. The number of nitrogens with zero attached hydrogens (tertiary/aromatic N) is 1. The molecule has 5 rings (SSSR count). The van der Waals surface area contributed by atoms with E-state index >= 15 is 0 Å². The fourth-order valence-corrected chi connectivity index (χ4v) is 6.34. The molecule has 188 valence electrons. The van der Waals surface area contributed by atoms with Gasteiger partial charge in [0, 0.05) is 36.1 Å². The largest absolute Gasteiger partial charge is 0.497 e. The lowest BCUT2D eigenvalue weighted by Gasteiger charge is -2.42. The van der Waals surface area contributed by atoms with Gasteiger partial charge in [0.15, 0.2) is 0 Å².